The number of amides is 1. The zero-order valence-electron chi connectivity index (χ0n) is 10.3. The fourth-order valence-electron chi connectivity index (χ4n) is 1.59. The SMILES string of the molecule is CC(C)CC(Cl)CNC(=O)c1cc(Cl)cc(Br)c1. The molecule has 2 nitrogen and oxygen atoms in total. The standard InChI is InChI=1S/C13H16BrCl2NO/c1-8(2)3-12(16)7-17-13(18)9-4-10(14)6-11(15)5-9/h4-6,8,12H,3,7H2,1-2H3,(H,17,18). The minimum absolute atomic E-state index is 0.0448. The van der Waals surface area contributed by atoms with Gasteiger partial charge in [0.15, 0.2) is 0 Å². The van der Waals surface area contributed by atoms with Crippen LogP contribution in [0.1, 0.15) is 30.6 Å². The lowest BCUT2D eigenvalue weighted by molar-refractivity contribution is 0.0953. The fraction of sp³-hybridized carbons (Fsp3) is 0.462. The number of benzene rings is 1. The molecule has 0 aliphatic heterocycles. The van der Waals surface area contributed by atoms with Gasteiger partial charge >= 0.3 is 0 Å². The van der Waals surface area contributed by atoms with E-state index in [4.69, 9.17) is 23.2 Å². The molecular weight excluding hydrogens is 337 g/mol. The number of carbonyl (C=O) groups is 1. The summed E-state index contributed by atoms with van der Waals surface area (Å²) in [5.74, 6) is 0.359. The lowest BCUT2D eigenvalue weighted by Crippen LogP contribution is -2.30. The molecule has 100 valence electrons. The lowest BCUT2D eigenvalue weighted by atomic mass is 10.1. The third kappa shape index (κ3) is 5.59. The van der Waals surface area contributed by atoms with E-state index in [1.54, 1.807) is 18.2 Å². The first-order chi connectivity index (χ1) is 8.38. The van der Waals surface area contributed by atoms with Gasteiger partial charge in [-0.1, -0.05) is 41.4 Å². The predicted octanol–water partition coefficient (Wildman–Crippen LogP) is 4.49. The Balaban J connectivity index is 2.55. The normalized spacial score (nSPS) is 12.6. The monoisotopic (exact) mass is 351 g/mol. The Morgan fingerprint density at radius 3 is 2.61 bits per heavy atom. The van der Waals surface area contributed by atoms with E-state index in [0.717, 1.165) is 10.9 Å². The van der Waals surface area contributed by atoms with Crippen molar-refractivity contribution in [3.8, 4) is 0 Å². The molecule has 0 fully saturated rings. The van der Waals surface area contributed by atoms with Crippen LogP contribution in [0.15, 0.2) is 22.7 Å². The molecule has 0 aliphatic rings. The van der Waals surface area contributed by atoms with Crippen molar-refractivity contribution >= 4 is 45.0 Å². The van der Waals surface area contributed by atoms with Crippen LogP contribution in [0, 0.1) is 5.92 Å². The van der Waals surface area contributed by atoms with Gasteiger partial charge in [0.05, 0.1) is 5.38 Å². The van der Waals surface area contributed by atoms with Gasteiger partial charge < -0.3 is 5.32 Å². The predicted molar refractivity (Wildman–Crippen MR) is 80.6 cm³/mol. The van der Waals surface area contributed by atoms with E-state index in [9.17, 15) is 4.79 Å². The molecule has 1 aromatic rings. The van der Waals surface area contributed by atoms with Gasteiger partial charge in [-0.15, -0.1) is 11.6 Å². The Morgan fingerprint density at radius 1 is 1.39 bits per heavy atom. The highest BCUT2D eigenvalue weighted by atomic mass is 79.9. The van der Waals surface area contributed by atoms with Gasteiger partial charge in [0.1, 0.15) is 0 Å². The van der Waals surface area contributed by atoms with Crippen LogP contribution in [-0.4, -0.2) is 17.8 Å². The molecule has 5 heteroatoms. The maximum Gasteiger partial charge on any atom is 0.251 e. The maximum absolute atomic E-state index is 11.9. The minimum atomic E-state index is -0.160. The van der Waals surface area contributed by atoms with Crippen molar-refractivity contribution < 1.29 is 4.79 Å². The van der Waals surface area contributed by atoms with Crippen LogP contribution in [-0.2, 0) is 0 Å². The summed E-state index contributed by atoms with van der Waals surface area (Å²) in [5, 5.41) is 3.29. The molecule has 0 spiro atoms. The fourth-order valence-corrected chi connectivity index (χ4v) is 2.88. The van der Waals surface area contributed by atoms with Crippen LogP contribution in [0.2, 0.25) is 5.02 Å². The molecule has 18 heavy (non-hydrogen) atoms. The average Bonchev–Trinajstić information content (AvgIpc) is 2.23. The Bertz CT molecular complexity index is 403. The summed E-state index contributed by atoms with van der Waals surface area (Å²) in [6, 6.07) is 5.10. The zero-order valence-corrected chi connectivity index (χ0v) is 13.4. The first kappa shape index (κ1) is 15.8. The molecule has 0 heterocycles. The Morgan fingerprint density at radius 2 is 2.06 bits per heavy atom. The average molecular weight is 353 g/mol. The first-order valence-corrected chi connectivity index (χ1v) is 7.37. The smallest absolute Gasteiger partial charge is 0.251 e. The van der Waals surface area contributed by atoms with Crippen LogP contribution >= 0.6 is 39.1 Å². The highest BCUT2D eigenvalue weighted by Gasteiger charge is 2.11. The summed E-state index contributed by atoms with van der Waals surface area (Å²) in [7, 11) is 0. The molecule has 1 aromatic carbocycles. The summed E-state index contributed by atoms with van der Waals surface area (Å²) in [6.07, 6.45) is 0.876. The molecule has 1 atom stereocenters. The topological polar surface area (TPSA) is 29.1 Å². The molecule has 0 saturated carbocycles. The van der Waals surface area contributed by atoms with Crippen molar-refractivity contribution in [3.63, 3.8) is 0 Å². The summed E-state index contributed by atoms with van der Waals surface area (Å²) in [4.78, 5) is 11.9. The molecule has 0 bridgehead atoms. The molecule has 0 saturated heterocycles. The van der Waals surface area contributed by atoms with Crippen LogP contribution in [0.25, 0.3) is 0 Å². The number of hydrogen-bond acceptors (Lipinski definition) is 1. The van der Waals surface area contributed by atoms with E-state index in [2.05, 4.69) is 35.1 Å². The molecule has 0 aromatic heterocycles. The second kappa shape index (κ2) is 7.37. The van der Waals surface area contributed by atoms with Crippen molar-refractivity contribution in [3.05, 3.63) is 33.3 Å². The van der Waals surface area contributed by atoms with Gasteiger partial charge in [0, 0.05) is 21.6 Å². The molecule has 0 aliphatic carbocycles. The molecule has 1 unspecified atom stereocenters. The third-order valence-electron chi connectivity index (χ3n) is 2.34. The molecule has 0 radical (unpaired) electrons. The van der Waals surface area contributed by atoms with Gasteiger partial charge in [-0.3, -0.25) is 4.79 Å². The van der Waals surface area contributed by atoms with Crippen molar-refractivity contribution in [2.24, 2.45) is 5.92 Å². The second-order valence-electron chi connectivity index (χ2n) is 4.59. The lowest BCUT2D eigenvalue weighted by Gasteiger charge is -2.13. The van der Waals surface area contributed by atoms with Crippen LogP contribution in [0.3, 0.4) is 0 Å². The summed E-state index contributed by atoms with van der Waals surface area (Å²) in [5.41, 5.74) is 0.530. The van der Waals surface area contributed by atoms with Gasteiger partial charge in [-0.25, -0.2) is 0 Å². The molecule has 1 N–H and O–H groups in total. The Kier molecular flexibility index (Phi) is 6.47. The number of carbonyl (C=O) groups excluding carboxylic acids is 1. The van der Waals surface area contributed by atoms with Crippen molar-refractivity contribution in [2.45, 2.75) is 25.6 Å². The number of hydrogen-bond donors (Lipinski definition) is 1. The quantitative estimate of drug-likeness (QED) is 0.777. The van der Waals surface area contributed by atoms with E-state index >= 15 is 0 Å². The summed E-state index contributed by atoms with van der Waals surface area (Å²) >= 11 is 15.3. The summed E-state index contributed by atoms with van der Waals surface area (Å²) < 4.78 is 0.782. The summed E-state index contributed by atoms with van der Waals surface area (Å²) in [6.45, 7) is 4.67. The molecule has 1 amide bonds. The van der Waals surface area contributed by atoms with Crippen LogP contribution < -0.4 is 5.32 Å². The van der Waals surface area contributed by atoms with Crippen molar-refractivity contribution in [1.82, 2.24) is 5.32 Å². The van der Waals surface area contributed by atoms with Crippen LogP contribution in [0.4, 0.5) is 0 Å². The molecule has 1 rings (SSSR count). The Labute approximate surface area is 126 Å². The first-order valence-electron chi connectivity index (χ1n) is 5.77. The number of halogens is 3. The molecular formula is C13H16BrCl2NO. The minimum Gasteiger partial charge on any atom is -0.351 e. The van der Waals surface area contributed by atoms with E-state index in [0.29, 0.717) is 23.0 Å². The van der Waals surface area contributed by atoms with E-state index < -0.39 is 0 Å². The highest BCUT2D eigenvalue weighted by Crippen LogP contribution is 2.19. The van der Waals surface area contributed by atoms with Gasteiger partial charge in [0.2, 0.25) is 0 Å². The zero-order chi connectivity index (χ0) is 13.7. The highest BCUT2D eigenvalue weighted by molar-refractivity contribution is 9.10. The largest absolute Gasteiger partial charge is 0.351 e. The van der Waals surface area contributed by atoms with Crippen molar-refractivity contribution in [2.75, 3.05) is 6.54 Å². The van der Waals surface area contributed by atoms with Crippen LogP contribution in [0.5, 0.6) is 0 Å². The van der Waals surface area contributed by atoms with Gasteiger partial charge in [-0.2, -0.15) is 0 Å². The van der Waals surface area contributed by atoms with Gasteiger partial charge in [0.25, 0.3) is 5.91 Å². The Hall–Kier alpha value is -0.250. The van der Waals surface area contributed by atoms with Crippen molar-refractivity contribution in [1.29, 1.82) is 0 Å². The second-order valence-corrected chi connectivity index (χ2v) is 6.56. The third-order valence-corrected chi connectivity index (χ3v) is 3.34. The maximum atomic E-state index is 11.9. The van der Waals surface area contributed by atoms with Gasteiger partial charge in [-0.05, 0) is 30.5 Å². The van der Waals surface area contributed by atoms with E-state index in [-0.39, 0.29) is 11.3 Å². The number of rotatable bonds is 5. The number of alkyl halides is 1. The number of nitrogens with one attached hydrogen (secondary N) is 1. The van der Waals surface area contributed by atoms with E-state index in [1.165, 1.54) is 0 Å². The van der Waals surface area contributed by atoms with E-state index in [1.807, 2.05) is 0 Å².